The van der Waals surface area contributed by atoms with Crippen molar-refractivity contribution in [2.45, 2.75) is 31.8 Å². The average molecular weight is 421 g/mol. The lowest BCUT2D eigenvalue weighted by molar-refractivity contribution is -0.134. The van der Waals surface area contributed by atoms with Crippen LogP contribution in [0.2, 0.25) is 0 Å². The van der Waals surface area contributed by atoms with E-state index in [9.17, 15) is 4.79 Å². The molecule has 31 heavy (non-hydrogen) atoms. The molecule has 1 aliphatic heterocycles. The standard InChI is InChI=1S/C24H27N3O4/c1-29-20-10-5-7-18(15-20)16-23(28)27-13-6-11-21(17-27)30-14-12-22-25-24(31-26-22)19-8-3-2-4-9-19/h2-5,7-10,15,21H,6,11-14,16-17H2,1H3. The van der Waals surface area contributed by atoms with Crippen LogP contribution in [-0.2, 0) is 22.4 Å². The number of carbonyl (C=O) groups excluding carboxylic acids is 1. The van der Waals surface area contributed by atoms with Crippen LogP contribution in [0.1, 0.15) is 24.2 Å². The molecule has 1 saturated heterocycles. The molecule has 0 radical (unpaired) electrons. The van der Waals surface area contributed by atoms with Gasteiger partial charge in [0.05, 0.1) is 26.2 Å². The lowest BCUT2D eigenvalue weighted by atomic mass is 10.1. The number of likely N-dealkylation sites (tertiary alicyclic amines) is 1. The van der Waals surface area contributed by atoms with Gasteiger partial charge in [-0.3, -0.25) is 4.79 Å². The normalized spacial score (nSPS) is 16.3. The Morgan fingerprint density at radius 1 is 1.19 bits per heavy atom. The van der Waals surface area contributed by atoms with E-state index in [0.29, 0.717) is 37.7 Å². The molecule has 1 atom stereocenters. The van der Waals surface area contributed by atoms with E-state index in [4.69, 9.17) is 14.0 Å². The Morgan fingerprint density at radius 2 is 2.06 bits per heavy atom. The first kappa shape index (κ1) is 21.1. The number of nitrogens with zero attached hydrogens (tertiary/aromatic N) is 3. The van der Waals surface area contributed by atoms with Gasteiger partial charge in [-0.2, -0.15) is 4.98 Å². The zero-order valence-corrected chi connectivity index (χ0v) is 17.7. The van der Waals surface area contributed by atoms with Crippen LogP contribution >= 0.6 is 0 Å². The van der Waals surface area contributed by atoms with E-state index in [-0.39, 0.29) is 12.0 Å². The van der Waals surface area contributed by atoms with Crippen molar-refractivity contribution >= 4 is 5.91 Å². The van der Waals surface area contributed by atoms with E-state index in [1.807, 2.05) is 59.5 Å². The smallest absolute Gasteiger partial charge is 0.257 e. The summed E-state index contributed by atoms with van der Waals surface area (Å²) in [6.45, 7) is 1.88. The number of hydrogen-bond acceptors (Lipinski definition) is 6. The fraction of sp³-hybridized carbons (Fsp3) is 0.375. The van der Waals surface area contributed by atoms with Crippen molar-refractivity contribution < 1.29 is 18.8 Å². The largest absolute Gasteiger partial charge is 0.497 e. The monoisotopic (exact) mass is 421 g/mol. The highest BCUT2D eigenvalue weighted by Gasteiger charge is 2.24. The second-order valence-corrected chi connectivity index (χ2v) is 7.63. The lowest BCUT2D eigenvalue weighted by Crippen LogP contribution is -2.44. The van der Waals surface area contributed by atoms with Gasteiger partial charge in [0.25, 0.3) is 5.89 Å². The molecule has 2 aromatic carbocycles. The zero-order chi connectivity index (χ0) is 21.5. The van der Waals surface area contributed by atoms with E-state index in [2.05, 4.69) is 10.1 Å². The van der Waals surface area contributed by atoms with Crippen molar-refractivity contribution in [2.75, 3.05) is 26.8 Å². The number of benzene rings is 2. The van der Waals surface area contributed by atoms with E-state index < -0.39 is 0 Å². The Hall–Kier alpha value is -3.19. The summed E-state index contributed by atoms with van der Waals surface area (Å²) in [6.07, 6.45) is 2.86. The average Bonchev–Trinajstić information content (AvgIpc) is 3.29. The van der Waals surface area contributed by atoms with Crippen LogP contribution in [0.4, 0.5) is 0 Å². The van der Waals surface area contributed by atoms with Gasteiger partial charge in [-0.05, 0) is 42.7 Å². The van der Waals surface area contributed by atoms with E-state index in [1.165, 1.54) is 0 Å². The summed E-state index contributed by atoms with van der Waals surface area (Å²) in [5.74, 6) is 2.03. The van der Waals surface area contributed by atoms with Crippen molar-refractivity contribution in [2.24, 2.45) is 0 Å². The minimum Gasteiger partial charge on any atom is -0.497 e. The summed E-state index contributed by atoms with van der Waals surface area (Å²) in [6, 6.07) is 17.3. The molecule has 1 unspecified atom stereocenters. The van der Waals surface area contributed by atoms with Gasteiger partial charge in [-0.25, -0.2) is 0 Å². The second-order valence-electron chi connectivity index (χ2n) is 7.63. The van der Waals surface area contributed by atoms with Crippen LogP contribution in [-0.4, -0.2) is 53.9 Å². The van der Waals surface area contributed by atoms with Crippen molar-refractivity contribution in [3.63, 3.8) is 0 Å². The number of aromatic nitrogens is 2. The van der Waals surface area contributed by atoms with Gasteiger partial charge in [-0.1, -0.05) is 35.5 Å². The van der Waals surface area contributed by atoms with E-state index in [1.54, 1.807) is 7.11 Å². The van der Waals surface area contributed by atoms with E-state index >= 15 is 0 Å². The summed E-state index contributed by atoms with van der Waals surface area (Å²) >= 11 is 0. The highest BCUT2D eigenvalue weighted by molar-refractivity contribution is 5.79. The van der Waals surface area contributed by atoms with Gasteiger partial charge in [-0.15, -0.1) is 0 Å². The molecule has 1 aromatic heterocycles. The number of carbonyl (C=O) groups is 1. The summed E-state index contributed by atoms with van der Waals surface area (Å²) in [7, 11) is 1.63. The van der Waals surface area contributed by atoms with Gasteiger partial charge in [0.1, 0.15) is 5.75 Å². The molecule has 1 aliphatic rings. The third-order valence-corrected chi connectivity index (χ3v) is 5.39. The minimum absolute atomic E-state index is 0.0310. The molecule has 2 heterocycles. The van der Waals surface area contributed by atoms with Crippen molar-refractivity contribution in [3.05, 3.63) is 66.0 Å². The molecule has 0 N–H and O–H groups in total. The number of ether oxygens (including phenoxy) is 2. The molecule has 0 aliphatic carbocycles. The maximum atomic E-state index is 12.7. The van der Waals surface area contributed by atoms with Crippen LogP contribution in [0.3, 0.4) is 0 Å². The zero-order valence-electron chi connectivity index (χ0n) is 17.7. The number of methoxy groups -OCH3 is 1. The van der Waals surface area contributed by atoms with Crippen LogP contribution in [0, 0.1) is 0 Å². The summed E-state index contributed by atoms with van der Waals surface area (Å²) < 4.78 is 16.6. The van der Waals surface area contributed by atoms with Gasteiger partial charge in [0, 0.05) is 25.1 Å². The Labute approximate surface area is 182 Å². The number of rotatable bonds is 8. The predicted molar refractivity (Wildman–Crippen MR) is 116 cm³/mol. The third kappa shape index (κ3) is 5.70. The number of piperidine rings is 1. The van der Waals surface area contributed by atoms with Crippen LogP contribution in [0.5, 0.6) is 5.75 Å². The predicted octanol–water partition coefficient (Wildman–Crippen LogP) is 3.54. The highest BCUT2D eigenvalue weighted by atomic mass is 16.5. The quantitative estimate of drug-likeness (QED) is 0.554. The lowest BCUT2D eigenvalue weighted by Gasteiger charge is -2.32. The van der Waals surface area contributed by atoms with Gasteiger partial charge in [0.2, 0.25) is 5.91 Å². The van der Waals surface area contributed by atoms with Crippen molar-refractivity contribution in [1.82, 2.24) is 15.0 Å². The van der Waals surface area contributed by atoms with E-state index in [0.717, 1.165) is 36.3 Å². The first-order valence-corrected chi connectivity index (χ1v) is 10.6. The maximum Gasteiger partial charge on any atom is 0.257 e. The molecule has 7 nitrogen and oxygen atoms in total. The molecule has 1 amide bonds. The number of amides is 1. The van der Waals surface area contributed by atoms with Crippen LogP contribution < -0.4 is 4.74 Å². The minimum atomic E-state index is 0.0310. The number of hydrogen-bond donors (Lipinski definition) is 0. The Balaban J connectivity index is 1.24. The van der Waals surface area contributed by atoms with Crippen LogP contribution in [0.15, 0.2) is 59.1 Å². The molecule has 3 aromatic rings. The molecule has 1 fully saturated rings. The molecular weight excluding hydrogens is 394 g/mol. The molecule has 162 valence electrons. The molecule has 0 saturated carbocycles. The van der Waals surface area contributed by atoms with Gasteiger partial charge < -0.3 is 18.9 Å². The van der Waals surface area contributed by atoms with Crippen molar-refractivity contribution in [3.8, 4) is 17.2 Å². The Bertz CT molecular complexity index is 989. The molecule has 0 spiro atoms. The molecular formula is C24H27N3O4. The molecule has 4 rings (SSSR count). The second kappa shape index (κ2) is 10.2. The molecule has 0 bridgehead atoms. The fourth-order valence-electron chi connectivity index (χ4n) is 3.74. The SMILES string of the molecule is COc1cccc(CC(=O)N2CCCC(OCCc3noc(-c4ccccc4)n3)C2)c1. The third-order valence-electron chi connectivity index (χ3n) is 5.39. The fourth-order valence-corrected chi connectivity index (χ4v) is 3.74. The van der Waals surface area contributed by atoms with Crippen LogP contribution in [0.25, 0.3) is 11.5 Å². The highest BCUT2D eigenvalue weighted by Crippen LogP contribution is 2.19. The molecule has 7 heteroatoms. The Morgan fingerprint density at radius 3 is 2.90 bits per heavy atom. The van der Waals surface area contributed by atoms with Gasteiger partial charge >= 0.3 is 0 Å². The Kier molecular flexibility index (Phi) is 6.94. The van der Waals surface area contributed by atoms with Crippen molar-refractivity contribution in [1.29, 1.82) is 0 Å². The summed E-state index contributed by atoms with van der Waals surface area (Å²) in [5.41, 5.74) is 1.86. The first-order valence-electron chi connectivity index (χ1n) is 10.6. The van der Waals surface area contributed by atoms with Gasteiger partial charge in [0.15, 0.2) is 5.82 Å². The summed E-state index contributed by atoms with van der Waals surface area (Å²) in [5, 5.41) is 4.04. The first-order chi connectivity index (χ1) is 15.2. The maximum absolute atomic E-state index is 12.7. The summed E-state index contributed by atoms with van der Waals surface area (Å²) in [4.78, 5) is 19.1. The topological polar surface area (TPSA) is 77.7 Å².